The van der Waals surface area contributed by atoms with Gasteiger partial charge in [-0.05, 0) is 12.1 Å². The summed E-state index contributed by atoms with van der Waals surface area (Å²) in [6, 6.07) is 6.67. The monoisotopic (exact) mass is 326 g/mol. The molecule has 1 fully saturated rings. The first-order valence-electron chi connectivity index (χ1n) is 6.45. The summed E-state index contributed by atoms with van der Waals surface area (Å²) in [4.78, 5) is 13.8. The summed E-state index contributed by atoms with van der Waals surface area (Å²) in [7, 11) is 0. The van der Waals surface area contributed by atoms with E-state index in [1.54, 1.807) is 29.2 Å². The number of nitrogens with zero attached hydrogens (tertiary/aromatic N) is 2. The smallest absolute Gasteiger partial charge is 0.276 e. The molecule has 7 heteroatoms. The fourth-order valence-corrected chi connectivity index (χ4v) is 2.52. The number of amides is 1. The molecule has 1 saturated heterocycles. The average molecular weight is 327 g/mol. The lowest BCUT2D eigenvalue weighted by Crippen LogP contribution is -2.31. The number of hydrogen-bond donors (Lipinski definition) is 0. The summed E-state index contributed by atoms with van der Waals surface area (Å²) < 4.78 is 10.5. The molecule has 1 aromatic carbocycles. The van der Waals surface area contributed by atoms with Crippen molar-refractivity contribution in [2.45, 2.75) is 12.5 Å². The van der Waals surface area contributed by atoms with Gasteiger partial charge in [0, 0.05) is 25.1 Å². The van der Waals surface area contributed by atoms with Crippen molar-refractivity contribution >= 4 is 29.1 Å². The summed E-state index contributed by atoms with van der Waals surface area (Å²) in [5.41, 5.74) is 0.310. The normalized spacial score (nSPS) is 18.0. The Kier molecular flexibility index (Phi) is 4.03. The molecule has 2 heterocycles. The van der Waals surface area contributed by atoms with Gasteiger partial charge in [-0.2, -0.15) is 0 Å². The van der Waals surface area contributed by atoms with E-state index in [-0.39, 0.29) is 12.0 Å². The highest BCUT2D eigenvalue weighted by Crippen LogP contribution is 2.28. The van der Waals surface area contributed by atoms with Gasteiger partial charge in [0.15, 0.2) is 5.69 Å². The molecular formula is C14H12Cl2N2O3. The van der Waals surface area contributed by atoms with Crippen LogP contribution in [-0.2, 0) is 0 Å². The standard InChI is InChI=1S/C14H12Cl2N2O3/c15-11-2-1-9(7-12(11)16)21-10-3-5-18(8-10)14(19)13-4-6-20-17-13/h1-2,4,6-7,10H,3,5,8H2/t10-/m0/s1. The minimum absolute atomic E-state index is 0.0712. The van der Waals surface area contributed by atoms with Gasteiger partial charge in [-0.3, -0.25) is 4.79 Å². The van der Waals surface area contributed by atoms with Crippen LogP contribution >= 0.6 is 23.2 Å². The van der Waals surface area contributed by atoms with Gasteiger partial charge in [-0.25, -0.2) is 0 Å². The number of halogens is 2. The molecule has 0 saturated carbocycles. The van der Waals surface area contributed by atoms with Crippen molar-refractivity contribution in [3.63, 3.8) is 0 Å². The van der Waals surface area contributed by atoms with Gasteiger partial charge in [-0.1, -0.05) is 28.4 Å². The maximum Gasteiger partial charge on any atom is 0.276 e. The average Bonchev–Trinajstić information content (AvgIpc) is 3.13. The number of benzene rings is 1. The Bertz CT molecular complexity index is 646. The second-order valence-electron chi connectivity index (χ2n) is 4.74. The van der Waals surface area contributed by atoms with Crippen molar-refractivity contribution in [3.05, 3.63) is 46.3 Å². The fraction of sp³-hybridized carbons (Fsp3) is 0.286. The van der Waals surface area contributed by atoms with E-state index in [9.17, 15) is 4.79 Å². The Morgan fingerprint density at radius 3 is 2.90 bits per heavy atom. The highest BCUT2D eigenvalue weighted by molar-refractivity contribution is 6.42. The predicted molar refractivity (Wildman–Crippen MR) is 77.9 cm³/mol. The molecule has 0 aliphatic carbocycles. The lowest BCUT2D eigenvalue weighted by atomic mass is 10.3. The van der Waals surface area contributed by atoms with Crippen molar-refractivity contribution in [1.82, 2.24) is 10.1 Å². The van der Waals surface area contributed by atoms with Crippen LogP contribution in [0.25, 0.3) is 0 Å². The Balaban J connectivity index is 1.62. The van der Waals surface area contributed by atoms with Crippen LogP contribution in [0.1, 0.15) is 16.9 Å². The van der Waals surface area contributed by atoms with Crippen molar-refractivity contribution in [1.29, 1.82) is 0 Å². The van der Waals surface area contributed by atoms with Crippen LogP contribution in [0.4, 0.5) is 0 Å². The van der Waals surface area contributed by atoms with E-state index in [1.165, 1.54) is 6.26 Å². The number of carbonyl (C=O) groups excluding carboxylic acids is 1. The topological polar surface area (TPSA) is 55.6 Å². The van der Waals surface area contributed by atoms with Gasteiger partial charge in [-0.15, -0.1) is 0 Å². The van der Waals surface area contributed by atoms with E-state index in [0.29, 0.717) is 34.6 Å². The van der Waals surface area contributed by atoms with Gasteiger partial charge in [0.05, 0.1) is 16.6 Å². The molecule has 0 bridgehead atoms. The summed E-state index contributed by atoms with van der Waals surface area (Å²) in [5.74, 6) is 0.495. The Morgan fingerprint density at radius 1 is 1.33 bits per heavy atom. The van der Waals surface area contributed by atoms with E-state index >= 15 is 0 Å². The van der Waals surface area contributed by atoms with E-state index in [0.717, 1.165) is 6.42 Å². The van der Waals surface area contributed by atoms with Crippen LogP contribution in [0.15, 0.2) is 35.1 Å². The molecule has 0 unspecified atom stereocenters. The van der Waals surface area contributed by atoms with Crippen molar-refractivity contribution < 1.29 is 14.1 Å². The molecule has 110 valence electrons. The molecule has 1 amide bonds. The van der Waals surface area contributed by atoms with Crippen molar-refractivity contribution in [2.75, 3.05) is 13.1 Å². The van der Waals surface area contributed by atoms with Crippen molar-refractivity contribution in [3.8, 4) is 5.75 Å². The minimum Gasteiger partial charge on any atom is -0.488 e. The number of rotatable bonds is 3. The zero-order valence-electron chi connectivity index (χ0n) is 11.0. The minimum atomic E-state index is -0.149. The Hall–Kier alpha value is -1.72. The second kappa shape index (κ2) is 5.95. The van der Waals surface area contributed by atoms with Crippen molar-refractivity contribution in [2.24, 2.45) is 0 Å². The molecule has 0 N–H and O–H groups in total. The molecule has 1 aromatic heterocycles. The molecule has 0 spiro atoms. The third-order valence-corrected chi connectivity index (χ3v) is 4.02. The third-order valence-electron chi connectivity index (χ3n) is 3.28. The zero-order chi connectivity index (χ0) is 14.8. The molecule has 5 nitrogen and oxygen atoms in total. The maximum atomic E-state index is 12.1. The van der Waals surface area contributed by atoms with E-state index in [1.807, 2.05) is 0 Å². The fourth-order valence-electron chi connectivity index (χ4n) is 2.24. The van der Waals surface area contributed by atoms with Gasteiger partial charge in [0.1, 0.15) is 18.1 Å². The predicted octanol–water partition coefficient (Wildman–Crippen LogP) is 3.27. The second-order valence-corrected chi connectivity index (χ2v) is 5.55. The molecule has 1 aliphatic rings. The number of carbonyl (C=O) groups is 1. The lowest BCUT2D eigenvalue weighted by Gasteiger charge is -2.16. The van der Waals surface area contributed by atoms with Gasteiger partial charge >= 0.3 is 0 Å². The van der Waals surface area contributed by atoms with E-state index < -0.39 is 0 Å². The molecule has 3 rings (SSSR count). The zero-order valence-corrected chi connectivity index (χ0v) is 12.5. The van der Waals surface area contributed by atoms with E-state index in [4.69, 9.17) is 27.9 Å². The summed E-state index contributed by atoms with van der Waals surface area (Å²) >= 11 is 11.8. The van der Waals surface area contributed by atoms with Crippen LogP contribution in [0.3, 0.4) is 0 Å². The largest absolute Gasteiger partial charge is 0.488 e. The van der Waals surface area contributed by atoms with Gasteiger partial charge in [0.25, 0.3) is 5.91 Å². The van der Waals surface area contributed by atoms with Crippen LogP contribution in [0.2, 0.25) is 10.0 Å². The molecule has 1 atom stereocenters. The molecular weight excluding hydrogens is 315 g/mol. The number of ether oxygens (including phenoxy) is 1. The molecule has 1 aliphatic heterocycles. The highest BCUT2D eigenvalue weighted by Gasteiger charge is 2.29. The number of hydrogen-bond acceptors (Lipinski definition) is 4. The molecule has 0 radical (unpaired) electrons. The Morgan fingerprint density at radius 2 is 2.19 bits per heavy atom. The first-order chi connectivity index (χ1) is 10.1. The van der Waals surface area contributed by atoms with Crippen LogP contribution in [0.5, 0.6) is 5.75 Å². The molecule has 2 aromatic rings. The number of likely N-dealkylation sites (tertiary alicyclic amines) is 1. The van der Waals surface area contributed by atoms with Gasteiger partial charge in [0.2, 0.25) is 0 Å². The maximum absolute atomic E-state index is 12.1. The highest BCUT2D eigenvalue weighted by atomic mass is 35.5. The SMILES string of the molecule is O=C(c1ccon1)N1CC[C@H](Oc2ccc(Cl)c(Cl)c2)C1. The van der Waals surface area contributed by atoms with Gasteiger partial charge < -0.3 is 14.2 Å². The van der Waals surface area contributed by atoms with Crippen LogP contribution in [0, 0.1) is 0 Å². The first-order valence-corrected chi connectivity index (χ1v) is 7.20. The van der Waals surface area contributed by atoms with Crippen LogP contribution in [-0.4, -0.2) is 35.2 Å². The number of aromatic nitrogens is 1. The first kappa shape index (κ1) is 14.2. The summed E-state index contributed by atoms with van der Waals surface area (Å²) in [6.45, 7) is 1.13. The lowest BCUT2D eigenvalue weighted by molar-refractivity contribution is 0.0762. The van der Waals surface area contributed by atoms with Crippen LogP contribution < -0.4 is 4.74 Å². The summed E-state index contributed by atoms with van der Waals surface area (Å²) in [6.07, 6.45) is 2.06. The van der Waals surface area contributed by atoms with E-state index in [2.05, 4.69) is 9.68 Å². The Labute approximate surface area is 131 Å². The quantitative estimate of drug-likeness (QED) is 0.868. The third kappa shape index (κ3) is 3.14. The molecule has 21 heavy (non-hydrogen) atoms. The summed E-state index contributed by atoms with van der Waals surface area (Å²) in [5, 5.41) is 4.58.